The molecule has 0 amide bonds. The second kappa shape index (κ2) is 6.80. The molecule has 0 aliphatic heterocycles. The van der Waals surface area contributed by atoms with Crippen molar-refractivity contribution in [2.24, 2.45) is 22.7 Å². The Hall–Kier alpha value is -1.40. The SMILES string of the molecule is CC(C)O[C@]1(C(=O)CO)CC[C@H]2[C@@H]3CCC4=CC(=O)CC[C@]4(C)[C@@]3(F)C(=O)C[C@@]21C. The predicted octanol–water partition coefficient (Wildman–Crippen LogP) is 3.51. The van der Waals surface area contributed by atoms with Crippen molar-refractivity contribution in [3.63, 3.8) is 0 Å². The summed E-state index contributed by atoms with van der Waals surface area (Å²) in [6, 6.07) is 0. The maximum Gasteiger partial charge on any atom is 0.190 e. The van der Waals surface area contributed by atoms with Crippen LogP contribution in [0.5, 0.6) is 0 Å². The van der Waals surface area contributed by atoms with E-state index >= 15 is 4.39 Å². The fourth-order valence-electron chi connectivity index (χ4n) is 7.53. The Morgan fingerprint density at radius 1 is 1.20 bits per heavy atom. The average Bonchev–Trinajstić information content (AvgIpc) is 2.95. The minimum Gasteiger partial charge on any atom is -0.388 e. The smallest absolute Gasteiger partial charge is 0.190 e. The number of allylic oxidation sites excluding steroid dienone is 1. The van der Waals surface area contributed by atoms with Crippen LogP contribution in [0.1, 0.15) is 72.6 Å². The lowest BCUT2D eigenvalue weighted by Gasteiger charge is -2.61. The summed E-state index contributed by atoms with van der Waals surface area (Å²) >= 11 is 0. The fourth-order valence-corrected chi connectivity index (χ4v) is 7.53. The molecule has 0 unspecified atom stereocenters. The largest absolute Gasteiger partial charge is 0.388 e. The zero-order valence-corrected chi connectivity index (χ0v) is 18.4. The molecule has 5 nitrogen and oxygen atoms in total. The molecule has 0 saturated heterocycles. The molecule has 1 N–H and O–H groups in total. The molecular formula is C24H33FO5. The monoisotopic (exact) mass is 420 g/mol. The first-order chi connectivity index (χ1) is 14.0. The highest BCUT2D eigenvalue weighted by molar-refractivity contribution is 5.97. The summed E-state index contributed by atoms with van der Waals surface area (Å²) in [5.41, 5.74) is -4.34. The number of carbonyl (C=O) groups is 3. The van der Waals surface area contributed by atoms with Gasteiger partial charge in [-0.25, -0.2) is 4.39 Å². The van der Waals surface area contributed by atoms with E-state index < -0.39 is 46.2 Å². The molecule has 4 rings (SSSR count). The standard InChI is InChI=1S/C24H33FO5/c1-14(2)30-23(20(29)13-26)10-8-17-18-6-5-15-11-16(27)7-9-21(15,3)24(18,25)19(28)12-22(17,23)4/h11,14,17-18,26H,5-10,12-13H2,1-4H3/t17-,18-,21-,22-,23-,24-/m0/s1. The van der Waals surface area contributed by atoms with Crippen LogP contribution in [-0.4, -0.2) is 46.4 Å². The topological polar surface area (TPSA) is 80.7 Å². The average molecular weight is 421 g/mol. The molecule has 6 atom stereocenters. The third-order valence-electron chi connectivity index (χ3n) is 8.95. The van der Waals surface area contributed by atoms with Crippen molar-refractivity contribution < 1.29 is 28.6 Å². The van der Waals surface area contributed by atoms with Crippen LogP contribution in [0.15, 0.2) is 11.6 Å². The van der Waals surface area contributed by atoms with Crippen LogP contribution in [0, 0.1) is 22.7 Å². The quantitative estimate of drug-likeness (QED) is 0.753. The summed E-state index contributed by atoms with van der Waals surface area (Å²) in [4.78, 5) is 38.6. The van der Waals surface area contributed by atoms with E-state index in [2.05, 4.69) is 0 Å². The van der Waals surface area contributed by atoms with Crippen molar-refractivity contribution in [3.8, 4) is 0 Å². The van der Waals surface area contributed by atoms with Crippen molar-refractivity contribution in [2.75, 3.05) is 6.61 Å². The van der Waals surface area contributed by atoms with Gasteiger partial charge in [-0.1, -0.05) is 19.4 Å². The number of aliphatic hydroxyl groups is 1. The number of halogens is 1. The summed E-state index contributed by atoms with van der Waals surface area (Å²) in [5, 5.41) is 9.72. The normalized spacial score (nSPS) is 45.6. The summed E-state index contributed by atoms with van der Waals surface area (Å²) in [7, 11) is 0. The van der Waals surface area contributed by atoms with Gasteiger partial charge < -0.3 is 9.84 Å². The predicted molar refractivity (Wildman–Crippen MR) is 108 cm³/mol. The van der Waals surface area contributed by atoms with Gasteiger partial charge in [0.1, 0.15) is 12.2 Å². The van der Waals surface area contributed by atoms with E-state index in [1.807, 2.05) is 27.7 Å². The van der Waals surface area contributed by atoms with Gasteiger partial charge >= 0.3 is 0 Å². The van der Waals surface area contributed by atoms with Crippen molar-refractivity contribution in [3.05, 3.63) is 11.6 Å². The lowest BCUT2D eigenvalue weighted by atomic mass is 9.44. The molecule has 0 radical (unpaired) electrons. The molecule has 166 valence electrons. The number of fused-ring (bicyclic) bond motifs is 5. The lowest BCUT2D eigenvalue weighted by Crippen LogP contribution is -2.68. The van der Waals surface area contributed by atoms with Crippen LogP contribution < -0.4 is 0 Å². The lowest BCUT2D eigenvalue weighted by molar-refractivity contribution is -0.203. The zero-order chi connectivity index (χ0) is 22.1. The van der Waals surface area contributed by atoms with Crippen LogP contribution in [-0.2, 0) is 19.1 Å². The number of rotatable bonds is 4. The Kier molecular flexibility index (Phi) is 4.94. The van der Waals surface area contributed by atoms with E-state index in [4.69, 9.17) is 4.74 Å². The molecule has 3 saturated carbocycles. The van der Waals surface area contributed by atoms with Crippen molar-refractivity contribution in [1.82, 2.24) is 0 Å². The van der Waals surface area contributed by atoms with Crippen LogP contribution in [0.4, 0.5) is 4.39 Å². The van der Waals surface area contributed by atoms with Gasteiger partial charge in [-0.15, -0.1) is 0 Å². The van der Waals surface area contributed by atoms with Gasteiger partial charge in [0.2, 0.25) is 0 Å². The number of aliphatic hydroxyl groups excluding tert-OH is 1. The fraction of sp³-hybridized carbons (Fsp3) is 0.792. The van der Waals surface area contributed by atoms with Crippen LogP contribution in [0.25, 0.3) is 0 Å². The molecule has 0 aromatic carbocycles. The van der Waals surface area contributed by atoms with Crippen molar-refractivity contribution >= 4 is 17.3 Å². The molecule has 4 aliphatic carbocycles. The van der Waals surface area contributed by atoms with Gasteiger partial charge in [0.15, 0.2) is 23.0 Å². The molecule has 4 aliphatic rings. The molecule has 0 heterocycles. The highest BCUT2D eigenvalue weighted by Gasteiger charge is 2.75. The second-order valence-corrected chi connectivity index (χ2v) is 10.6. The van der Waals surface area contributed by atoms with Crippen molar-refractivity contribution in [1.29, 1.82) is 0 Å². The number of ketones is 3. The summed E-state index contributed by atoms with van der Waals surface area (Å²) in [5.74, 6) is -1.57. The summed E-state index contributed by atoms with van der Waals surface area (Å²) < 4.78 is 23.2. The third-order valence-corrected chi connectivity index (χ3v) is 8.95. The maximum absolute atomic E-state index is 17.0. The first-order valence-corrected chi connectivity index (χ1v) is 11.2. The van der Waals surface area contributed by atoms with E-state index in [-0.39, 0.29) is 30.6 Å². The van der Waals surface area contributed by atoms with Crippen LogP contribution in [0.3, 0.4) is 0 Å². The van der Waals surface area contributed by atoms with Gasteiger partial charge in [0.25, 0.3) is 0 Å². The summed E-state index contributed by atoms with van der Waals surface area (Å²) in [6.45, 7) is 6.72. The number of hydrogen-bond donors (Lipinski definition) is 1. The molecule has 3 fully saturated rings. The highest BCUT2D eigenvalue weighted by atomic mass is 19.1. The Morgan fingerprint density at radius 2 is 1.90 bits per heavy atom. The zero-order valence-electron chi connectivity index (χ0n) is 18.4. The minimum absolute atomic E-state index is 0.0105. The molecule has 30 heavy (non-hydrogen) atoms. The van der Waals surface area contributed by atoms with E-state index in [9.17, 15) is 19.5 Å². The number of Topliss-reactive ketones (excluding diaryl/α,β-unsaturated/α-hetero) is 2. The van der Waals surface area contributed by atoms with Gasteiger partial charge in [-0.2, -0.15) is 0 Å². The molecular weight excluding hydrogens is 387 g/mol. The van der Waals surface area contributed by atoms with Gasteiger partial charge in [-0.05, 0) is 57.9 Å². The van der Waals surface area contributed by atoms with Crippen molar-refractivity contribution in [2.45, 2.75) is 90.0 Å². The minimum atomic E-state index is -2.03. The van der Waals surface area contributed by atoms with Crippen LogP contribution >= 0.6 is 0 Å². The Labute approximate surface area is 177 Å². The number of ether oxygens (including phenoxy) is 1. The number of hydrogen-bond acceptors (Lipinski definition) is 5. The molecule has 0 spiro atoms. The molecule has 0 aromatic rings. The van der Waals surface area contributed by atoms with Gasteiger partial charge in [0.05, 0.1) is 6.10 Å². The Balaban J connectivity index is 1.81. The first-order valence-electron chi connectivity index (χ1n) is 11.2. The van der Waals surface area contributed by atoms with E-state index in [1.165, 1.54) is 0 Å². The van der Waals surface area contributed by atoms with E-state index in [1.54, 1.807) is 6.08 Å². The van der Waals surface area contributed by atoms with E-state index in [0.29, 0.717) is 32.1 Å². The Bertz CT molecular complexity index is 833. The third kappa shape index (κ3) is 2.49. The Morgan fingerprint density at radius 3 is 2.53 bits per heavy atom. The van der Waals surface area contributed by atoms with Gasteiger partial charge in [-0.3, -0.25) is 14.4 Å². The number of alkyl halides is 1. The highest BCUT2D eigenvalue weighted by Crippen LogP contribution is 2.69. The maximum atomic E-state index is 17.0. The van der Waals surface area contributed by atoms with Crippen LogP contribution in [0.2, 0.25) is 0 Å². The number of carbonyl (C=O) groups excluding carboxylic acids is 3. The molecule has 0 aromatic heterocycles. The van der Waals surface area contributed by atoms with Gasteiger partial charge in [0, 0.05) is 29.6 Å². The molecule has 6 heteroatoms. The molecule has 0 bridgehead atoms. The second-order valence-electron chi connectivity index (χ2n) is 10.6. The summed E-state index contributed by atoms with van der Waals surface area (Å²) in [6.07, 6.45) is 3.91. The van der Waals surface area contributed by atoms with E-state index in [0.717, 1.165) is 5.57 Å². The first kappa shape index (κ1) is 21.8.